The van der Waals surface area contributed by atoms with Crippen LogP contribution >= 0.6 is 0 Å². The molecule has 0 aliphatic carbocycles. The minimum atomic E-state index is 0.0544. The van der Waals surface area contributed by atoms with Crippen molar-refractivity contribution >= 4 is 5.91 Å². The molecule has 0 aliphatic rings. The second-order valence-electron chi connectivity index (χ2n) is 4.05. The van der Waals surface area contributed by atoms with Gasteiger partial charge in [0.2, 0.25) is 5.91 Å². The normalized spacial score (nSPS) is 10.2. The molecule has 18 heavy (non-hydrogen) atoms. The molecule has 2 aromatic rings. The van der Waals surface area contributed by atoms with Gasteiger partial charge in [0.05, 0.1) is 6.42 Å². The molecule has 0 bridgehead atoms. The summed E-state index contributed by atoms with van der Waals surface area (Å²) in [5.41, 5.74) is 1.03. The number of aromatic nitrogens is 3. The maximum Gasteiger partial charge on any atom is 0.224 e. The number of nitrogens with zero attached hydrogens (tertiary/aromatic N) is 2. The van der Waals surface area contributed by atoms with Crippen LogP contribution in [0.25, 0.3) is 0 Å². The smallest absolute Gasteiger partial charge is 0.224 e. The van der Waals surface area contributed by atoms with Crippen molar-refractivity contribution in [3.8, 4) is 0 Å². The van der Waals surface area contributed by atoms with E-state index in [9.17, 15) is 4.79 Å². The van der Waals surface area contributed by atoms with E-state index in [4.69, 9.17) is 0 Å². The van der Waals surface area contributed by atoms with Crippen molar-refractivity contribution in [3.05, 3.63) is 48.0 Å². The maximum absolute atomic E-state index is 11.6. The van der Waals surface area contributed by atoms with Gasteiger partial charge in [0.25, 0.3) is 0 Å². The van der Waals surface area contributed by atoms with Gasteiger partial charge in [0.1, 0.15) is 12.2 Å². The number of benzene rings is 1. The van der Waals surface area contributed by atoms with Crippen LogP contribution in [-0.2, 0) is 17.6 Å². The van der Waals surface area contributed by atoms with E-state index in [1.807, 2.05) is 30.3 Å². The Morgan fingerprint density at radius 2 is 2.11 bits per heavy atom. The van der Waals surface area contributed by atoms with E-state index in [0.717, 1.165) is 24.2 Å². The molecule has 1 aromatic heterocycles. The maximum atomic E-state index is 11.6. The minimum absolute atomic E-state index is 0.0544. The van der Waals surface area contributed by atoms with Gasteiger partial charge in [-0.05, 0) is 12.0 Å². The third kappa shape index (κ3) is 4.01. The Hall–Kier alpha value is -2.17. The molecule has 94 valence electrons. The van der Waals surface area contributed by atoms with Crippen LogP contribution in [0, 0.1) is 0 Å². The lowest BCUT2D eigenvalue weighted by Crippen LogP contribution is -2.26. The van der Waals surface area contributed by atoms with Crippen molar-refractivity contribution in [2.75, 3.05) is 6.54 Å². The third-order valence-electron chi connectivity index (χ3n) is 2.58. The number of hydrogen-bond donors (Lipinski definition) is 2. The van der Waals surface area contributed by atoms with Gasteiger partial charge >= 0.3 is 0 Å². The highest BCUT2D eigenvalue weighted by Crippen LogP contribution is 1.99. The number of nitrogens with one attached hydrogen (secondary N) is 2. The first-order valence-corrected chi connectivity index (χ1v) is 5.99. The average molecular weight is 244 g/mol. The summed E-state index contributed by atoms with van der Waals surface area (Å²) in [6, 6.07) is 9.72. The van der Waals surface area contributed by atoms with Gasteiger partial charge in [-0.2, -0.15) is 5.10 Å². The van der Waals surface area contributed by atoms with Crippen molar-refractivity contribution in [2.45, 2.75) is 19.3 Å². The van der Waals surface area contributed by atoms with Crippen LogP contribution in [0.3, 0.4) is 0 Å². The minimum Gasteiger partial charge on any atom is -0.356 e. The Bertz CT molecular complexity index is 467. The number of hydrogen-bond acceptors (Lipinski definition) is 3. The summed E-state index contributed by atoms with van der Waals surface area (Å²) in [5.74, 6) is 0.908. The predicted octanol–water partition coefficient (Wildman–Crippen LogP) is 1.10. The molecule has 0 fully saturated rings. The summed E-state index contributed by atoms with van der Waals surface area (Å²) in [7, 11) is 0. The monoisotopic (exact) mass is 244 g/mol. The molecule has 0 saturated heterocycles. The summed E-state index contributed by atoms with van der Waals surface area (Å²) in [6.45, 7) is 0.659. The van der Waals surface area contributed by atoms with E-state index in [1.54, 1.807) is 0 Å². The summed E-state index contributed by atoms with van der Waals surface area (Å²) in [5, 5.41) is 9.45. The van der Waals surface area contributed by atoms with Crippen LogP contribution in [0.4, 0.5) is 0 Å². The molecule has 0 spiro atoms. The molecule has 0 unspecified atom stereocenters. The van der Waals surface area contributed by atoms with Gasteiger partial charge in [0.15, 0.2) is 0 Å². The van der Waals surface area contributed by atoms with Gasteiger partial charge in [-0.1, -0.05) is 30.3 Å². The van der Waals surface area contributed by atoms with Crippen LogP contribution in [0.15, 0.2) is 36.7 Å². The standard InChI is InChI=1S/C13H16N4O/c18-13(9-11-5-2-1-3-6-11)14-8-4-7-12-15-10-16-17-12/h1-3,5-6,10H,4,7-9H2,(H,14,18)(H,15,16,17). The lowest BCUT2D eigenvalue weighted by atomic mass is 10.1. The SMILES string of the molecule is O=C(Cc1ccccc1)NCCCc1ncn[nH]1. The van der Waals surface area contributed by atoms with E-state index in [0.29, 0.717) is 13.0 Å². The van der Waals surface area contributed by atoms with E-state index < -0.39 is 0 Å². The van der Waals surface area contributed by atoms with E-state index in [-0.39, 0.29) is 5.91 Å². The van der Waals surface area contributed by atoms with Crippen molar-refractivity contribution in [3.63, 3.8) is 0 Å². The fourth-order valence-electron chi connectivity index (χ4n) is 1.68. The lowest BCUT2D eigenvalue weighted by molar-refractivity contribution is -0.120. The van der Waals surface area contributed by atoms with Gasteiger partial charge in [-0.25, -0.2) is 4.98 Å². The average Bonchev–Trinajstić information content (AvgIpc) is 2.89. The largest absolute Gasteiger partial charge is 0.356 e. The van der Waals surface area contributed by atoms with Crippen molar-refractivity contribution in [1.29, 1.82) is 0 Å². The topological polar surface area (TPSA) is 70.7 Å². The molecule has 1 heterocycles. The molecule has 1 amide bonds. The van der Waals surface area contributed by atoms with E-state index >= 15 is 0 Å². The van der Waals surface area contributed by atoms with Crippen molar-refractivity contribution in [2.24, 2.45) is 0 Å². The van der Waals surface area contributed by atoms with Crippen LogP contribution in [-0.4, -0.2) is 27.6 Å². The van der Waals surface area contributed by atoms with Gasteiger partial charge < -0.3 is 5.32 Å². The summed E-state index contributed by atoms with van der Waals surface area (Å²) in [6.07, 6.45) is 3.58. The van der Waals surface area contributed by atoms with Gasteiger partial charge in [-0.3, -0.25) is 9.89 Å². The molecule has 1 aromatic carbocycles. The van der Waals surface area contributed by atoms with E-state index in [2.05, 4.69) is 20.5 Å². The first-order valence-electron chi connectivity index (χ1n) is 5.99. The molecular weight excluding hydrogens is 228 g/mol. The number of aromatic amines is 1. The van der Waals surface area contributed by atoms with Crippen LogP contribution in [0.5, 0.6) is 0 Å². The zero-order valence-electron chi connectivity index (χ0n) is 10.1. The third-order valence-corrected chi connectivity index (χ3v) is 2.58. The lowest BCUT2D eigenvalue weighted by Gasteiger charge is -2.04. The molecule has 5 nitrogen and oxygen atoms in total. The number of carbonyl (C=O) groups excluding carboxylic acids is 1. The van der Waals surface area contributed by atoms with Gasteiger partial charge in [0, 0.05) is 13.0 Å². The molecule has 0 aliphatic heterocycles. The van der Waals surface area contributed by atoms with Crippen LogP contribution < -0.4 is 5.32 Å². The van der Waals surface area contributed by atoms with Gasteiger partial charge in [-0.15, -0.1) is 0 Å². The number of amides is 1. The zero-order chi connectivity index (χ0) is 12.6. The Balaban J connectivity index is 1.63. The quantitative estimate of drug-likeness (QED) is 0.747. The second-order valence-corrected chi connectivity index (χ2v) is 4.05. The molecular formula is C13H16N4O. The van der Waals surface area contributed by atoms with Crippen molar-refractivity contribution in [1.82, 2.24) is 20.5 Å². The Kier molecular flexibility index (Phi) is 4.46. The van der Waals surface area contributed by atoms with Crippen LogP contribution in [0.1, 0.15) is 17.8 Å². The first kappa shape index (κ1) is 12.3. The zero-order valence-corrected chi connectivity index (χ0v) is 10.1. The Labute approximate surface area is 106 Å². The molecule has 0 atom stereocenters. The highest BCUT2D eigenvalue weighted by atomic mass is 16.1. The second kappa shape index (κ2) is 6.54. The van der Waals surface area contributed by atoms with E-state index in [1.165, 1.54) is 6.33 Å². The Morgan fingerprint density at radius 1 is 1.28 bits per heavy atom. The molecule has 0 radical (unpaired) electrons. The molecule has 5 heteroatoms. The highest BCUT2D eigenvalue weighted by molar-refractivity contribution is 5.78. The number of carbonyl (C=O) groups is 1. The summed E-state index contributed by atoms with van der Waals surface area (Å²) < 4.78 is 0. The predicted molar refractivity (Wildman–Crippen MR) is 67.9 cm³/mol. The van der Waals surface area contributed by atoms with Crippen LogP contribution in [0.2, 0.25) is 0 Å². The number of rotatable bonds is 6. The molecule has 2 N–H and O–H groups in total. The Morgan fingerprint density at radius 3 is 2.83 bits per heavy atom. The summed E-state index contributed by atoms with van der Waals surface area (Å²) >= 11 is 0. The first-order chi connectivity index (χ1) is 8.84. The fraction of sp³-hybridized carbons (Fsp3) is 0.308. The summed E-state index contributed by atoms with van der Waals surface area (Å²) in [4.78, 5) is 15.6. The number of aryl methyl sites for hydroxylation is 1. The molecule has 0 saturated carbocycles. The highest BCUT2D eigenvalue weighted by Gasteiger charge is 2.02. The van der Waals surface area contributed by atoms with Crippen molar-refractivity contribution < 1.29 is 4.79 Å². The number of H-pyrrole nitrogens is 1. The fourth-order valence-corrected chi connectivity index (χ4v) is 1.68. The molecule has 2 rings (SSSR count).